The van der Waals surface area contributed by atoms with Crippen LogP contribution in [0.1, 0.15) is 6.92 Å². The smallest absolute Gasteiger partial charge is 0.387 e. The van der Waals surface area contributed by atoms with Crippen molar-refractivity contribution in [3.63, 3.8) is 0 Å². The van der Waals surface area contributed by atoms with Crippen LogP contribution >= 0.6 is 0 Å². The number of benzene rings is 1. The SMILES string of the molecule is CC(CN)Nc1cccc(OC(F)F)c1. The molecule has 0 amide bonds. The normalized spacial score (nSPS) is 12.6. The van der Waals surface area contributed by atoms with E-state index in [0.29, 0.717) is 12.2 Å². The van der Waals surface area contributed by atoms with Crippen LogP contribution in [0, 0.1) is 0 Å². The highest BCUT2D eigenvalue weighted by Crippen LogP contribution is 2.19. The molecular formula is C10H14F2N2O. The zero-order chi connectivity index (χ0) is 11.3. The lowest BCUT2D eigenvalue weighted by molar-refractivity contribution is -0.0498. The minimum Gasteiger partial charge on any atom is -0.435 e. The molecule has 0 aliphatic rings. The summed E-state index contributed by atoms with van der Waals surface area (Å²) in [5.74, 6) is 0.138. The molecule has 1 unspecified atom stereocenters. The number of rotatable bonds is 5. The minimum atomic E-state index is -2.80. The lowest BCUT2D eigenvalue weighted by atomic mass is 10.2. The van der Waals surface area contributed by atoms with Crippen LogP contribution in [0.3, 0.4) is 0 Å². The van der Waals surface area contributed by atoms with Crippen LogP contribution in [0.25, 0.3) is 0 Å². The van der Waals surface area contributed by atoms with E-state index in [0.717, 1.165) is 0 Å². The fraction of sp³-hybridized carbons (Fsp3) is 0.400. The second kappa shape index (κ2) is 5.50. The van der Waals surface area contributed by atoms with E-state index in [-0.39, 0.29) is 11.8 Å². The van der Waals surface area contributed by atoms with Crippen molar-refractivity contribution in [2.45, 2.75) is 19.6 Å². The van der Waals surface area contributed by atoms with E-state index in [4.69, 9.17) is 5.73 Å². The Kier molecular flexibility index (Phi) is 4.30. The van der Waals surface area contributed by atoms with Gasteiger partial charge in [-0.2, -0.15) is 8.78 Å². The van der Waals surface area contributed by atoms with Crippen LogP contribution in [0.5, 0.6) is 5.75 Å². The first kappa shape index (κ1) is 11.7. The molecule has 1 aromatic carbocycles. The van der Waals surface area contributed by atoms with Gasteiger partial charge in [-0.1, -0.05) is 6.07 Å². The molecule has 0 radical (unpaired) electrons. The largest absolute Gasteiger partial charge is 0.435 e. The van der Waals surface area contributed by atoms with Gasteiger partial charge in [0.2, 0.25) is 0 Å². The van der Waals surface area contributed by atoms with Crippen molar-refractivity contribution in [1.82, 2.24) is 0 Å². The zero-order valence-electron chi connectivity index (χ0n) is 8.41. The lowest BCUT2D eigenvalue weighted by Gasteiger charge is -2.13. The number of anilines is 1. The standard InChI is InChI=1S/C10H14F2N2O/c1-7(6-13)14-8-3-2-4-9(5-8)15-10(11)12/h2-5,7,10,14H,6,13H2,1H3. The van der Waals surface area contributed by atoms with Crippen molar-refractivity contribution >= 4 is 5.69 Å². The van der Waals surface area contributed by atoms with Crippen molar-refractivity contribution in [1.29, 1.82) is 0 Å². The Labute approximate surface area is 87.2 Å². The molecule has 0 saturated carbocycles. The molecule has 3 nitrogen and oxygen atoms in total. The lowest BCUT2D eigenvalue weighted by Crippen LogP contribution is -2.25. The molecule has 0 aliphatic carbocycles. The second-order valence-electron chi connectivity index (χ2n) is 3.19. The fourth-order valence-electron chi connectivity index (χ4n) is 1.11. The molecule has 84 valence electrons. The van der Waals surface area contributed by atoms with Gasteiger partial charge in [0.15, 0.2) is 0 Å². The van der Waals surface area contributed by atoms with Gasteiger partial charge in [-0.3, -0.25) is 0 Å². The quantitative estimate of drug-likeness (QED) is 0.791. The molecule has 1 aromatic rings. The van der Waals surface area contributed by atoms with Gasteiger partial charge in [0.1, 0.15) is 5.75 Å². The van der Waals surface area contributed by atoms with E-state index in [1.807, 2.05) is 6.92 Å². The molecule has 0 aliphatic heterocycles. The van der Waals surface area contributed by atoms with Crippen LogP contribution in [0.4, 0.5) is 14.5 Å². The Morgan fingerprint density at radius 2 is 2.20 bits per heavy atom. The van der Waals surface area contributed by atoms with Gasteiger partial charge in [-0.25, -0.2) is 0 Å². The third-order valence-electron chi connectivity index (χ3n) is 1.83. The van der Waals surface area contributed by atoms with E-state index in [1.54, 1.807) is 12.1 Å². The van der Waals surface area contributed by atoms with Crippen LogP contribution in [0.2, 0.25) is 0 Å². The number of nitrogens with one attached hydrogen (secondary N) is 1. The van der Waals surface area contributed by atoms with E-state index in [1.165, 1.54) is 12.1 Å². The average Bonchev–Trinajstić information content (AvgIpc) is 2.17. The molecule has 0 aromatic heterocycles. The maximum atomic E-state index is 11.9. The Hall–Kier alpha value is -1.36. The average molecular weight is 216 g/mol. The Morgan fingerprint density at radius 3 is 2.80 bits per heavy atom. The molecule has 0 saturated heterocycles. The monoisotopic (exact) mass is 216 g/mol. The first-order valence-corrected chi connectivity index (χ1v) is 4.63. The predicted molar refractivity (Wildman–Crippen MR) is 55.2 cm³/mol. The third kappa shape index (κ3) is 4.12. The maximum absolute atomic E-state index is 11.9. The van der Waals surface area contributed by atoms with E-state index >= 15 is 0 Å². The number of nitrogens with two attached hydrogens (primary N) is 1. The molecule has 3 N–H and O–H groups in total. The van der Waals surface area contributed by atoms with Crippen LogP contribution in [0.15, 0.2) is 24.3 Å². The number of halogens is 2. The summed E-state index contributed by atoms with van der Waals surface area (Å²) >= 11 is 0. The first-order valence-electron chi connectivity index (χ1n) is 4.63. The summed E-state index contributed by atoms with van der Waals surface area (Å²) in [5.41, 5.74) is 6.14. The topological polar surface area (TPSA) is 47.3 Å². The molecule has 0 bridgehead atoms. The molecule has 0 fully saturated rings. The molecule has 0 spiro atoms. The Bertz CT molecular complexity index is 307. The van der Waals surface area contributed by atoms with Crippen molar-refractivity contribution in [3.8, 4) is 5.75 Å². The van der Waals surface area contributed by atoms with Gasteiger partial charge in [-0.05, 0) is 19.1 Å². The van der Waals surface area contributed by atoms with Gasteiger partial charge in [0.05, 0.1) is 0 Å². The number of ether oxygens (including phenoxy) is 1. The highest BCUT2D eigenvalue weighted by molar-refractivity contribution is 5.48. The minimum absolute atomic E-state index is 0.0896. The summed E-state index contributed by atoms with van der Waals surface area (Å²) < 4.78 is 28.1. The van der Waals surface area contributed by atoms with Gasteiger partial charge in [0, 0.05) is 24.3 Å². The predicted octanol–water partition coefficient (Wildman–Crippen LogP) is 2.05. The number of hydrogen-bond donors (Lipinski definition) is 2. The van der Waals surface area contributed by atoms with Crippen LogP contribution in [-0.2, 0) is 0 Å². The summed E-state index contributed by atoms with van der Waals surface area (Å²) in [6, 6.07) is 6.49. The second-order valence-corrected chi connectivity index (χ2v) is 3.19. The summed E-state index contributed by atoms with van der Waals surface area (Å²) in [6.07, 6.45) is 0. The molecule has 15 heavy (non-hydrogen) atoms. The third-order valence-corrected chi connectivity index (χ3v) is 1.83. The summed E-state index contributed by atoms with van der Waals surface area (Å²) in [6.45, 7) is -0.423. The van der Waals surface area contributed by atoms with Gasteiger partial charge >= 0.3 is 6.61 Å². The number of alkyl halides is 2. The molecule has 5 heteroatoms. The molecule has 1 rings (SSSR count). The maximum Gasteiger partial charge on any atom is 0.387 e. The van der Waals surface area contributed by atoms with E-state index < -0.39 is 6.61 Å². The van der Waals surface area contributed by atoms with Crippen molar-refractivity contribution in [2.24, 2.45) is 5.73 Å². The van der Waals surface area contributed by atoms with Gasteiger partial charge in [-0.15, -0.1) is 0 Å². The van der Waals surface area contributed by atoms with Crippen molar-refractivity contribution in [2.75, 3.05) is 11.9 Å². The summed E-state index contributed by atoms with van der Waals surface area (Å²) in [5, 5.41) is 3.06. The summed E-state index contributed by atoms with van der Waals surface area (Å²) in [7, 11) is 0. The van der Waals surface area contributed by atoms with Crippen molar-refractivity contribution < 1.29 is 13.5 Å². The van der Waals surface area contributed by atoms with E-state index in [2.05, 4.69) is 10.1 Å². The first-order chi connectivity index (χ1) is 7.11. The molecular weight excluding hydrogens is 202 g/mol. The van der Waals surface area contributed by atoms with Crippen LogP contribution in [-0.4, -0.2) is 19.2 Å². The van der Waals surface area contributed by atoms with E-state index in [9.17, 15) is 8.78 Å². The fourth-order valence-corrected chi connectivity index (χ4v) is 1.11. The van der Waals surface area contributed by atoms with Crippen molar-refractivity contribution in [3.05, 3.63) is 24.3 Å². The van der Waals surface area contributed by atoms with Gasteiger partial charge < -0.3 is 15.8 Å². The zero-order valence-corrected chi connectivity index (χ0v) is 8.41. The van der Waals surface area contributed by atoms with Gasteiger partial charge in [0.25, 0.3) is 0 Å². The highest BCUT2D eigenvalue weighted by Gasteiger charge is 2.05. The Balaban J connectivity index is 2.65. The Morgan fingerprint density at radius 1 is 1.47 bits per heavy atom. The summed E-state index contributed by atoms with van der Waals surface area (Å²) in [4.78, 5) is 0. The van der Waals surface area contributed by atoms with Crippen LogP contribution < -0.4 is 15.8 Å². The molecule has 1 atom stereocenters. The molecule has 0 heterocycles. The number of hydrogen-bond acceptors (Lipinski definition) is 3. The highest BCUT2D eigenvalue weighted by atomic mass is 19.3.